The van der Waals surface area contributed by atoms with Crippen LogP contribution in [0.4, 0.5) is 4.39 Å². The number of nitrogens with zero attached hydrogens (tertiary/aromatic N) is 2. The fraction of sp³-hybridized carbons (Fsp3) is 0.611. The van der Waals surface area contributed by atoms with Crippen molar-refractivity contribution >= 4 is 5.91 Å². The third-order valence-electron chi connectivity index (χ3n) is 4.84. The number of amides is 1. The minimum absolute atomic E-state index is 0.208. The summed E-state index contributed by atoms with van der Waals surface area (Å²) in [4.78, 5) is 16.8. The third kappa shape index (κ3) is 4.07. The van der Waals surface area contributed by atoms with E-state index in [1.54, 1.807) is 0 Å². The van der Waals surface area contributed by atoms with Crippen molar-refractivity contribution in [1.82, 2.24) is 9.80 Å². The van der Waals surface area contributed by atoms with Crippen LogP contribution >= 0.6 is 0 Å². The van der Waals surface area contributed by atoms with Crippen molar-refractivity contribution in [3.63, 3.8) is 0 Å². The molecule has 1 aliphatic carbocycles. The van der Waals surface area contributed by atoms with Gasteiger partial charge in [-0.05, 0) is 49.3 Å². The topological polar surface area (TPSA) is 23.6 Å². The van der Waals surface area contributed by atoms with Crippen LogP contribution in [0, 0.1) is 11.7 Å². The number of carbonyl (C=O) groups is 1. The first-order valence-electron chi connectivity index (χ1n) is 8.38. The van der Waals surface area contributed by atoms with Gasteiger partial charge in [-0.2, -0.15) is 0 Å². The fourth-order valence-electron chi connectivity index (χ4n) is 3.11. The lowest BCUT2D eigenvalue weighted by Gasteiger charge is -2.32. The maximum atomic E-state index is 13.0. The van der Waals surface area contributed by atoms with Gasteiger partial charge in [-0.1, -0.05) is 19.1 Å². The maximum absolute atomic E-state index is 13.0. The van der Waals surface area contributed by atoms with Gasteiger partial charge in [0, 0.05) is 25.7 Å². The van der Waals surface area contributed by atoms with Crippen molar-refractivity contribution in [2.75, 3.05) is 19.6 Å². The van der Waals surface area contributed by atoms with Crippen LogP contribution in [0.25, 0.3) is 0 Å². The molecule has 0 unspecified atom stereocenters. The summed E-state index contributed by atoms with van der Waals surface area (Å²) >= 11 is 0. The smallest absolute Gasteiger partial charge is 0.236 e. The predicted molar refractivity (Wildman–Crippen MR) is 84.8 cm³/mol. The summed E-state index contributed by atoms with van der Waals surface area (Å²) in [6.45, 7) is 5.29. The van der Waals surface area contributed by atoms with E-state index in [9.17, 15) is 9.18 Å². The Morgan fingerprint density at radius 2 is 1.82 bits per heavy atom. The predicted octanol–water partition coefficient (Wildman–Crippen LogP) is 3.05. The molecule has 1 aromatic rings. The highest BCUT2D eigenvalue weighted by molar-refractivity contribution is 5.78. The lowest BCUT2D eigenvalue weighted by atomic mass is 9.99. The summed E-state index contributed by atoms with van der Waals surface area (Å²) in [6.07, 6.45) is 4.58. The lowest BCUT2D eigenvalue weighted by Crippen LogP contribution is -2.44. The van der Waals surface area contributed by atoms with Crippen LogP contribution in [0.3, 0.4) is 0 Å². The summed E-state index contributed by atoms with van der Waals surface area (Å²) in [5, 5.41) is 0. The molecule has 0 aromatic heterocycles. The number of benzene rings is 1. The largest absolute Gasteiger partial charge is 0.342 e. The Morgan fingerprint density at radius 1 is 1.18 bits per heavy atom. The minimum atomic E-state index is -0.208. The van der Waals surface area contributed by atoms with Crippen LogP contribution in [0.5, 0.6) is 0 Å². The van der Waals surface area contributed by atoms with Gasteiger partial charge in [-0.25, -0.2) is 4.39 Å². The summed E-state index contributed by atoms with van der Waals surface area (Å²) in [5.74, 6) is 0.781. The SMILES string of the molecule is CC1CCN(C(=O)CN(Cc2ccc(F)cc2)C2CC2)CC1. The normalized spacial score (nSPS) is 19.7. The van der Waals surface area contributed by atoms with Crippen molar-refractivity contribution in [1.29, 1.82) is 0 Å². The Bertz CT molecular complexity index is 504. The number of hydrogen-bond donors (Lipinski definition) is 0. The molecular weight excluding hydrogens is 279 g/mol. The summed E-state index contributed by atoms with van der Waals surface area (Å²) in [5.41, 5.74) is 1.08. The lowest BCUT2D eigenvalue weighted by molar-refractivity contribution is -0.134. The molecule has 1 saturated heterocycles. The first-order chi connectivity index (χ1) is 10.6. The van der Waals surface area contributed by atoms with E-state index in [4.69, 9.17) is 0 Å². The van der Waals surface area contributed by atoms with E-state index < -0.39 is 0 Å². The zero-order valence-corrected chi connectivity index (χ0v) is 13.3. The molecule has 2 aliphatic rings. The second-order valence-electron chi connectivity index (χ2n) is 6.83. The van der Waals surface area contributed by atoms with Gasteiger partial charge >= 0.3 is 0 Å². The number of hydrogen-bond acceptors (Lipinski definition) is 2. The van der Waals surface area contributed by atoms with Gasteiger partial charge in [0.05, 0.1) is 6.54 Å². The van der Waals surface area contributed by atoms with Crippen molar-refractivity contribution in [3.8, 4) is 0 Å². The zero-order valence-electron chi connectivity index (χ0n) is 13.3. The van der Waals surface area contributed by atoms with E-state index in [2.05, 4.69) is 11.8 Å². The van der Waals surface area contributed by atoms with Crippen LogP contribution in [-0.2, 0) is 11.3 Å². The van der Waals surface area contributed by atoms with Gasteiger partial charge in [-0.3, -0.25) is 9.69 Å². The Kier molecular flexibility index (Phi) is 4.77. The maximum Gasteiger partial charge on any atom is 0.236 e. The number of piperidine rings is 1. The minimum Gasteiger partial charge on any atom is -0.342 e. The van der Waals surface area contributed by atoms with Gasteiger partial charge in [-0.15, -0.1) is 0 Å². The molecule has 0 N–H and O–H groups in total. The van der Waals surface area contributed by atoms with Gasteiger partial charge in [0.25, 0.3) is 0 Å². The van der Waals surface area contributed by atoms with Crippen LogP contribution < -0.4 is 0 Å². The van der Waals surface area contributed by atoms with Gasteiger partial charge in [0.15, 0.2) is 0 Å². The van der Waals surface area contributed by atoms with E-state index in [-0.39, 0.29) is 11.7 Å². The average molecular weight is 304 g/mol. The molecule has 0 radical (unpaired) electrons. The quantitative estimate of drug-likeness (QED) is 0.835. The number of halogens is 1. The van der Waals surface area contributed by atoms with Crippen LogP contribution in [0.15, 0.2) is 24.3 Å². The van der Waals surface area contributed by atoms with Crippen molar-refractivity contribution < 1.29 is 9.18 Å². The summed E-state index contributed by atoms with van der Waals surface area (Å²) < 4.78 is 13.0. The molecule has 1 saturated carbocycles. The van der Waals surface area contributed by atoms with Gasteiger partial charge in [0.1, 0.15) is 5.82 Å². The average Bonchev–Trinajstić information content (AvgIpc) is 3.34. The Labute approximate surface area is 132 Å². The van der Waals surface area contributed by atoms with Crippen LogP contribution in [0.2, 0.25) is 0 Å². The van der Waals surface area contributed by atoms with E-state index in [0.29, 0.717) is 12.6 Å². The molecule has 2 fully saturated rings. The molecule has 120 valence electrons. The Balaban J connectivity index is 1.57. The van der Waals surface area contributed by atoms with E-state index >= 15 is 0 Å². The number of carbonyl (C=O) groups excluding carboxylic acids is 1. The van der Waals surface area contributed by atoms with Gasteiger partial charge in [0.2, 0.25) is 5.91 Å². The second-order valence-corrected chi connectivity index (χ2v) is 6.83. The van der Waals surface area contributed by atoms with Crippen molar-refractivity contribution in [3.05, 3.63) is 35.6 Å². The van der Waals surface area contributed by atoms with Crippen molar-refractivity contribution in [2.24, 2.45) is 5.92 Å². The molecule has 4 heteroatoms. The first kappa shape index (κ1) is 15.5. The Morgan fingerprint density at radius 3 is 2.41 bits per heavy atom. The molecule has 22 heavy (non-hydrogen) atoms. The van der Waals surface area contributed by atoms with Gasteiger partial charge < -0.3 is 4.90 Å². The molecule has 1 heterocycles. The van der Waals surface area contributed by atoms with Crippen LogP contribution in [-0.4, -0.2) is 41.4 Å². The molecule has 3 rings (SSSR count). The molecular formula is C18H25FN2O. The molecule has 0 spiro atoms. The fourth-order valence-corrected chi connectivity index (χ4v) is 3.11. The summed E-state index contributed by atoms with van der Waals surface area (Å²) in [6, 6.07) is 7.15. The zero-order chi connectivity index (χ0) is 15.5. The standard InChI is InChI=1S/C18H25FN2O/c1-14-8-10-20(11-9-14)18(22)13-21(17-6-7-17)12-15-2-4-16(19)5-3-15/h2-5,14,17H,6-13H2,1H3. The second kappa shape index (κ2) is 6.78. The van der Waals surface area contributed by atoms with E-state index in [0.717, 1.165) is 44.0 Å². The molecule has 1 aliphatic heterocycles. The molecule has 1 amide bonds. The number of rotatable bonds is 5. The molecule has 0 bridgehead atoms. The highest BCUT2D eigenvalue weighted by atomic mass is 19.1. The number of likely N-dealkylation sites (tertiary alicyclic amines) is 1. The first-order valence-corrected chi connectivity index (χ1v) is 8.38. The third-order valence-corrected chi connectivity index (χ3v) is 4.84. The van der Waals surface area contributed by atoms with E-state index in [1.807, 2.05) is 17.0 Å². The highest BCUT2D eigenvalue weighted by Crippen LogP contribution is 2.28. The molecule has 0 atom stereocenters. The van der Waals surface area contributed by atoms with Crippen LogP contribution in [0.1, 0.15) is 38.2 Å². The van der Waals surface area contributed by atoms with Crippen molar-refractivity contribution in [2.45, 2.75) is 45.2 Å². The Hall–Kier alpha value is -1.42. The molecule has 3 nitrogen and oxygen atoms in total. The summed E-state index contributed by atoms with van der Waals surface area (Å²) in [7, 11) is 0. The highest BCUT2D eigenvalue weighted by Gasteiger charge is 2.32. The van der Waals surface area contributed by atoms with E-state index in [1.165, 1.54) is 25.0 Å². The monoisotopic (exact) mass is 304 g/mol. The molecule has 1 aromatic carbocycles.